The third-order valence-electron chi connectivity index (χ3n) is 6.31. The first kappa shape index (κ1) is 30.5. The second kappa shape index (κ2) is 12.4. The number of carbonyl (C=O) groups is 3. The zero-order chi connectivity index (χ0) is 29.7. The van der Waals surface area contributed by atoms with Crippen LogP contribution in [0.1, 0.15) is 79.1 Å². The van der Waals surface area contributed by atoms with Crippen molar-refractivity contribution in [3.8, 4) is 11.1 Å². The van der Waals surface area contributed by atoms with Crippen LogP contribution in [0.5, 0.6) is 0 Å². The van der Waals surface area contributed by atoms with E-state index in [2.05, 4.69) is 62.5 Å². The SMILES string of the molecule is Cc1ncc(NC(=O)c2cc(CNCC(=O)O)cc(C(C)(C)C)c2)cc1-c1ccc(C(=O)NCC(C)(C)C)cc1. The molecule has 4 N–H and O–H groups in total. The monoisotopic (exact) mass is 544 g/mol. The van der Waals surface area contributed by atoms with Gasteiger partial charge in [-0.3, -0.25) is 19.4 Å². The molecule has 0 bridgehead atoms. The quantitative estimate of drug-likeness (QED) is 0.280. The normalized spacial score (nSPS) is 11.7. The van der Waals surface area contributed by atoms with Crippen molar-refractivity contribution in [3.63, 3.8) is 0 Å². The number of carbonyl (C=O) groups excluding carboxylic acids is 2. The first-order chi connectivity index (χ1) is 18.6. The van der Waals surface area contributed by atoms with Gasteiger partial charge in [0.1, 0.15) is 0 Å². The molecule has 2 aromatic carbocycles. The number of amides is 2. The summed E-state index contributed by atoms with van der Waals surface area (Å²) in [4.78, 5) is 41.2. The molecule has 1 aromatic heterocycles. The summed E-state index contributed by atoms with van der Waals surface area (Å²) in [6, 6.07) is 14.8. The fourth-order valence-electron chi connectivity index (χ4n) is 4.02. The van der Waals surface area contributed by atoms with Crippen molar-refractivity contribution < 1.29 is 19.5 Å². The van der Waals surface area contributed by atoms with Crippen molar-refractivity contribution in [2.45, 2.75) is 60.4 Å². The molecule has 0 atom stereocenters. The minimum atomic E-state index is -0.939. The molecule has 0 radical (unpaired) electrons. The lowest BCUT2D eigenvalue weighted by atomic mass is 9.85. The summed E-state index contributed by atoms with van der Waals surface area (Å²) in [6.45, 7) is 15.0. The van der Waals surface area contributed by atoms with Gasteiger partial charge in [-0.05, 0) is 64.8 Å². The van der Waals surface area contributed by atoms with E-state index in [0.29, 0.717) is 29.9 Å². The first-order valence-corrected chi connectivity index (χ1v) is 13.4. The first-order valence-electron chi connectivity index (χ1n) is 13.4. The van der Waals surface area contributed by atoms with Crippen LogP contribution in [0, 0.1) is 12.3 Å². The number of hydrogen-bond acceptors (Lipinski definition) is 5. The summed E-state index contributed by atoms with van der Waals surface area (Å²) in [7, 11) is 0. The number of aryl methyl sites for hydroxylation is 1. The topological polar surface area (TPSA) is 120 Å². The molecule has 0 unspecified atom stereocenters. The van der Waals surface area contributed by atoms with Gasteiger partial charge in [0.2, 0.25) is 0 Å². The molecule has 212 valence electrons. The minimum absolute atomic E-state index is 0.00385. The number of hydrogen-bond donors (Lipinski definition) is 4. The van der Waals surface area contributed by atoms with Crippen LogP contribution in [0.4, 0.5) is 5.69 Å². The van der Waals surface area contributed by atoms with Crippen LogP contribution < -0.4 is 16.0 Å². The maximum absolute atomic E-state index is 13.3. The van der Waals surface area contributed by atoms with Crippen molar-refractivity contribution in [2.24, 2.45) is 5.41 Å². The highest BCUT2D eigenvalue weighted by molar-refractivity contribution is 6.04. The summed E-state index contributed by atoms with van der Waals surface area (Å²) in [5, 5.41) is 17.7. The number of rotatable bonds is 9. The van der Waals surface area contributed by atoms with Crippen molar-refractivity contribution in [1.29, 1.82) is 0 Å². The Balaban J connectivity index is 1.81. The maximum atomic E-state index is 13.3. The molecule has 8 heteroatoms. The predicted octanol–water partition coefficient (Wildman–Crippen LogP) is 5.56. The van der Waals surface area contributed by atoms with Gasteiger partial charge in [0, 0.05) is 35.5 Å². The lowest BCUT2D eigenvalue weighted by Gasteiger charge is -2.21. The lowest BCUT2D eigenvalue weighted by Crippen LogP contribution is -2.32. The standard InChI is InChI=1S/C32H40N4O4/c1-20-27(22-8-10-23(11-9-22)29(39)35-19-31(2,3)4)15-26(17-34-20)36-30(40)24-12-21(16-33-18-28(37)38)13-25(14-24)32(5,6)7/h8-15,17,33H,16,18-19H2,1-7H3,(H,35,39)(H,36,40)(H,37,38). The largest absolute Gasteiger partial charge is 0.480 e. The number of nitrogens with zero attached hydrogens (tertiary/aromatic N) is 1. The molecule has 0 aliphatic heterocycles. The Bertz CT molecular complexity index is 1380. The van der Waals surface area contributed by atoms with Crippen molar-refractivity contribution >= 4 is 23.5 Å². The lowest BCUT2D eigenvalue weighted by molar-refractivity contribution is -0.136. The summed E-state index contributed by atoms with van der Waals surface area (Å²) in [5.41, 5.74) is 5.73. The second-order valence-electron chi connectivity index (χ2n) is 12.3. The Labute approximate surface area is 236 Å². The molecule has 3 rings (SSSR count). The highest BCUT2D eigenvalue weighted by Crippen LogP contribution is 2.28. The van der Waals surface area contributed by atoms with E-state index in [1.807, 2.05) is 37.3 Å². The van der Waals surface area contributed by atoms with E-state index in [0.717, 1.165) is 27.9 Å². The van der Waals surface area contributed by atoms with Gasteiger partial charge in [-0.1, -0.05) is 59.7 Å². The number of pyridine rings is 1. The third kappa shape index (κ3) is 8.74. The Hall–Kier alpha value is -4.04. The molecule has 0 spiro atoms. The molecule has 40 heavy (non-hydrogen) atoms. The van der Waals surface area contributed by atoms with E-state index in [4.69, 9.17) is 5.11 Å². The van der Waals surface area contributed by atoms with Crippen molar-refractivity contribution in [1.82, 2.24) is 15.6 Å². The highest BCUT2D eigenvalue weighted by Gasteiger charge is 2.19. The molecular weight excluding hydrogens is 504 g/mol. The van der Waals surface area contributed by atoms with Gasteiger partial charge < -0.3 is 21.1 Å². The number of carboxylic acids is 1. The molecule has 0 aliphatic carbocycles. The number of carboxylic acid groups (broad SMARTS) is 1. The van der Waals surface area contributed by atoms with Crippen LogP contribution >= 0.6 is 0 Å². The maximum Gasteiger partial charge on any atom is 0.317 e. The van der Waals surface area contributed by atoms with Gasteiger partial charge in [-0.15, -0.1) is 0 Å². The highest BCUT2D eigenvalue weighted by atomic mass is 16.4. The number of benzene rings is 2. The van der Waals surface area contributed by atoms with E-state index in [-0.39, 0.29) is 29.2 Å². The zero-order valence-corrected chi connectivity index (χ0v) is 24.4. The van der Waals surface area contributed by atoms with Crippen molar-refractivity contribution in [2.75, 3.05) is 18.4 Å². The van der Waals surface area contributed by atoms with Crippen molar-refractivity contribution in [3.05, 3.63) is 82.7 Å². The average molecular weight is 545 g/mol. The number of anilines is 1. The molecule has 0 saturated carbocycles. The molecule has 2 amide bonds. The fraction of sp³-hybridized carbons (Fsp3) is 0.375. The number of nitrogens with one attached hydrogen (secondary N) is 3. The van der Waals surface area contributed by atoms with Crippen LogP contribution in [0.2, 0.25) is 0 Å². The van der Waals surface area contributed by atoms with E-state index in [1.54, 1.807) is 24.4 Å². The van der Waals surface area contributed by atoms with E-state index in [9.17, 15) is 14.4 Å². The van der Waals surface area contributed by atoms with Gasteiger partial charge in [0.25, 0.3) is 11.8 Å². The van der Waals surface area contributed by atoms with Gasteiger partial charge in [0.05, 0.1) is 18.4 Å². The van der Waals surface area contributed by atoms with Gasteiger partial charge in [-0.25, -0.2) is 0 Å². The van der Waals surface area contributed by atoms with E-state index < -0.39 is 5.97 Å². The zero-order valence-electron chi connectivity index (χ0n) is 24.4. The summed E-state index contributed by atoms with van der Waals surface area (Å²) >= 11 is 0. The molecule has 0 saturated heterocycles. The Kier molecular flexibility index (Phi) is 9.48. The number of aliphatic carboxylic acids is 1. The van der Waals surface area contributed by atoms with Crippen LogP contribution in [-0.4, -0.2) is 41.0 Å². The van der Waals surface area contributed by atoms with E-state index in [1.165, 1.54) is 0 Å². The Morgan fingerprint density at radius 1 is 0.875 bits per heavy atom. The second-order valence-corrected chi connectivity index (χ2v) is 12.3. The van der Waals surface area contributed by atoms with E-state index >= 15 is 0 Å². The van der Waals surface area contributed by atoms with Gasteiger partial charge >= 0.3 is 5.97 Å². The van der Waals surface area contributed by atoms with Crippen LogP contribution in [-0.2, 0) is 16.8 Å². The Morgan fingerprint density at radius 2 is 1.55 bits per heavy atom. The number of aromatic nitrogens is 1. The molecule has 8 nitrogen and oxygen atoms in total. The predicted molar refractivity (Wildman–Crippen MR) is 159 cm³/mol. The fourth-order valence-corrected chi connectivity index (χ4v) is 4.02. The van der Waals surface area contributed by atoms with Gasteiger partial charge in [0.15, 0.2) is 0 Å². The summed E-state index contributed by atoms with van der Waals surface area (Å²) < 4.78 is 0. The molecule has 3 aromatic rings. The smallest absolute Gasteiger partial charge is 0.317 e. The van der Waals surface area contributed by atoms with Crippen LogP contribution in [0.25, 0.3) is 11.1 Å². The average Bonchev–Trinajstić information content (AvgIpc) is 2.87. The summed E-state index contributed by atoms with van der Waals surface area (Å²) in [6.07, 6.45) is 1.62. The third-order valence-corrected chi connectivity index (χ3v) is 6.31. The molecule has 1 heterocycles. The minimum Gasteiger partial charge on any atom is -0.480 e. The Morgan fingerprint density at radius 3 is 2.15 bits per heavy atom. The van der Waals surface area contributed by atoms with Crippen LogP contribution in [0.3, 0.4) is 0 Å². The molecular formula is C32H40N4O4. The van der Waals surface area contributed by atoms with Crippen LogP contribution in [0.15, 0.2) is 54.7 Å². The molecule has 0 aliphatic rings. The summed E-state index contributed by atoms with van der Waals surface area (Å²) in [5.74, 6) is -1.34. The van der Waals surface area contributed by atoms with Gasteiger partial charge in [-0.2, -0.15) is 0 Å². The molecule has 0 fully saturated rings.